The summed E-state index contributed by atoms with van der Waals surface area (Å²) in [5.74, 6) is 0.362. The molecule has 1 fully saturated rings. The maximum absolute atomic E-state index is 13.1. The molecule has 1 amide bonds. The van der Waals surface area contributed by atoms with E-state index in [-0.39, 0.29) is 23.9 Å². The van der Waals surface area contributed by atoms with Crippen LogP contribution in [0.3, 0.4) is 0 Å². The number of methoxy groups -OCH3 is 1. The molecular formula is C20H22N4O4S. The number of aryl methyl sites for hydroxylation is 1. The van der Waals surface area contributed by atoms with Gasteiger partial charge in [-0.3, -0.25) is 4.79 Å². The van der Waals surface area contributed by atoms with Crippen LogP contribution in [0.5, 0.6) is 5.75 Å². The van der Waals surface area contributed by atoms with Gasteiger partial charge in [0.25, 0.3) is 5.91 Å². The second-order valence-electron chi connectivity index (χ2n) is 6.95. The molecule has 2 aromatic heterocycles. The van der Waals surface area contributed by atoms with E-state index in [9.17, 15) is 13.2 Å². The second kappa shape index (κ2) is 7.49. The highest BCUT2D eigenvalue weighted by atomic mass is 32.2. The Balaban J connectivity index is 1.52. The SMILES string of the molecule is COc1ccc(C)cc1C(=O)N1CCN(S(=O)(=O)c2c[nH]c3ncccc23)CC1. The van der Waals surface area contributed by atoms with E-state index < -0.39 is 10.0 Å². The number of pyridine rings is 1. The molecule has 4 rings (SSSR count). The van der Waals surface area contributed by atoms with Crippen molar-refractivity contribution in [1.29, 1.82) is 0 Å². The maximum Gasteiger partial charge on any atom is 0.257 e. The summed E-state index contributed by atoms with van der Waals surface area (Å²) in [6.07, 6.45) is 3.08. The van der Waals surface area contributed by atoms with Crippen LogP contribution in [0.4, 0.5) is 0 Å². The molecule has 1 aliphatic heterocycles. The zero-order valence-electron chi connectivity index (χ0n) is 16.3. The Morgan fingerprint density at radius 1 is 1.17 bits per heavy atom. The Hall–Kier alpha value is -2.91. The normalized spacial score (nSPS) is 15.6. The molecular weight excluding hydrogens is 392 g/mol. The van der Waals surface area contributed by atoms with Gasteiger partial charge in [-0.2, -0.15) is 4.31 Å². The molecule has 3 aromatic rings. The van der Waals surface area contributed by atoms with Gasteiger partial charge in [0.05, 0.1) is 12.7 Å². The number of aromatic amines is 1. The summed E-state index contributed by atoms with van der Waals surface area (Å²) in [7, 11) is -2.15. The van der Waals surface area contributed by atoms with Gasteiger partial charge in [0.15, 0.2) is 0 Å². The first-order valence-electron chi connectivity index (χ1n) is 9.28. The summed E-state index contributed by atoms with van der Waals surface area (Å²) < 4.78 is 32.9. The van der Waals surface area contributed by atoms with Gasteiger partial charge in [-0.15, -0.1) is 0 Å². The number of amides is 1. The third-order valence-electron chi connectivity index (χ3n) is 5.14. The molecule has 0 atom stereocenters. The first-order chi connectivity index (χ1) is 13.9. The van der Waals surface area contributed by atoms with Crippen LogP contribution >= 0.6 is 0 Å². The minimum atomic E-state index is -3.68. The molecule has 0 aliphatic carbocycles. The van der Waals surface area contributed by atoms with Gasteiger partial charge in [0, 0.05) is 44.0 Å². The van der Waals surface area contributed by atoms with Gasteiger partial charge in [0.1, 0.15) is 16.3 Å². The van der Waals surface area contributed by atoms with Gasteiger partial charge >= 0.3 is 0 Å². The summed E-state index contributed by atoms with van der Waals surface area (Å²) in [4.78, 5) is 21.9. The molecule has 29 heavy (non-hydrogen) atoms. The number of H-pyrrole nitrogens is 1. The Labute approximate surface area is 169 Å². The van der Waals surface area contributed by atoms with E-state index in [1.165, 1.54) is 17.6 Å². The maximum atomic E-state index is 13.1. The lowest BCUT2D eigenvalue weighted by molar-refractivity contribution is 0.0694. The fraction of sp³-hybridized carbons (Fsp3) is 0.300. The first-order valence-corrected chi connectivity index (χ1v) is 10.7. The van der Waals surface area contributed by atoms with Crippen LogP contribution in [0.1, 0.15) is 15.9 Å². The molecule has 0 radical (unpaired) electrons. The van der Waals surface area contributed by atoms with Crippen molar-refractivity contribution < 1.29 is 17.9 Å². The third kappa shape index (κ3) is 3.47. The number of hydrogen-bond acceptors (Lipinski definition) is 5. The molecule has 0 unspecified atom stereocenters. The molecule has 152 valence electrons. The molecule has 1 N–H and O–H groups in total. The summed E-state index contributed by atoms with van der Waals surface area (Å²) in [5.41, 5.74) is 1.99. The number of rotatable bonds is 4. The minimum Gasteiger partial charge on any atom is -0.496 e. The first kappa shape index (κ1) is 19.4. The van der Waals surface area contributed by atoms with E-state index in [1.54, 1.807) is 35.4 Å². The van der Waals surface area contributed by atoms with Crippen molar-refractivity contribution in [3.05, 3.63) is 53.9 Å². The average molecular weight is 414 g/mol. The highest BCUT2D eigenvalue weighted by molar-refractivity contribution is 7.89. The zero-order chi connectivity index (χ0) is 20.6. The molecule has 1 aromatic carbocycles. The molecule has 0 saturated carbocycles. The number of fused-ring (bicyclic) bond motifs is 1. The van der Waals surface area contributed by atoms with Gasteiger partial charge in [-0.1, -0.05) is 11.6 Å². The highest BCUT2D eigenvalue weighted by Gasteiger charge is 2.32. The molecule has 8 nitrogen and oxygen atoms in total. The number of aromatic nitrogens is 2. The van der Waals surface area contributed by atoms with Crippen molar-refractivity contribution in [1.82, 2.24) is 19.2 Å². The van der Waals surface area contributed by atoms with Crippen molar-refractivity contribution in [2.45, 2.75) is 11.8 Å². The number of ether oxygens (including phenoxy) is 1. The van der Waals surface area contributed by atoms with E-state index in [1.807, 2.05) is 13.0 Å². The number of piperazine rings is 1. The number of hydrogen-bond donors (Lipinski definition) is 1. The molecule has 1 aliphatic rings. The van der Waals surface area contributed by atoms with Crippen molar-refractivity contribution in [3.8, 4) is 5.75 Å². The van der Waals surface area contributed by atoms with Crippen LogP contribution in [0.25, 0.3) is 11.0 Å². The van der Waals surface area contributed by atoms with Gasteiger partial charge in [-0.05, 0) is 31.2 Å². The zero-order valence-corrected chi connectivity index (χ0v) is 17.1. The smallest absolute Gasteiger partial charge is 0.257 e. The Morgan fingerprint density at radius 3 is 2.66 bits per heavy atom. The van der Waals surface area contributed by atoms with Crippen LogP contribution in [-0.4, -0.2) is 66.8 Å². The van der Waals surface area contributed by atoms with E-state index >= 15 is 0 Å². The fourth-order valence-electron chi connectivity index (χ4n) is 3.57. The summed E-state index contributed by atoms with van der Waals surface area (Å²) in [5, 5.41) is 0.565. The Kier molecular flexibility index (Phi) is 5.01. The van der Waals surface area contributed by atoms with Gasteiger partial charge in [-0.25, -0.2) is 13.4 Å². The predicted octanol–water partition coefficient (Wildman–Crippen LogP) is 2.03. The van der Waals surface area contributed by atoms with Crippen LogP contribution in [0.15, 0.2) is 47.6 Å². The monoisotopic (exact) mass is 414 g/mol. The largest absolute Gasteiger partial charge is 0.496 e. The van der Waals surface area contributed by atoms with Crippen LogP contribution in [-0.2, 0) is 10.0 Å². The standard InChI is InChI=1S/C20H22N4O4S/c1-14-5-6-17(28-2)16(12-14)20(25)23-8-10-24(11-9-23)29(26,27)18-13-22-19-15(18)4-3-7-21-19/h3-7,12-13H,8-11H2,1-2H3,(H,21,22). The van der Waals surface area contributed by atoms with Gasteiger partial charge in [0.2, 0.25) is 10.0 Å². The lowest BCUT2D eigenvalue weighted by Gasteiger charge is -2.34. The average Bonchev–Trinajstić information content (AvgIpc) is 3.18. The lowest BCUT2D eigenvalue weighted by atomic mass is 10.1. The summed E-state index contributed by atoms with van der Waals surface area (Å²) in [6, 6.07) is 8.89. The van der Waals surface area contributed by atoms with Crippen molar-refractivity contribution >= 4 is 27.0 Å². The van der Waals surface area contributed by atoms with Crippen LogP contribution in [0, 0.1) is 6.92 Å². The Bertz CT molecular complexity index is 1160. The lowest BCUT2D eigenvalue weighted by Crippen LogP contribution is -2.50. The fourth-order valence-corrected chi connectivity index (χ4v) is 5.15. The second-order valence-corrected chi connectivity index (χ2v) is 8.86. The van der Waals surface area contributed by atoms with Crippen molar-refractivity contribution in [2.24, 2.45) is 0 Å². The van der Waals surface area contributed by atoms with E-state index in [0.29, 0.717) is 35.4 Å². The van der Waals surface area contributed by atoms with Crippen LogP contribution in [0.2, 0.25) is 0 Å². The molecule has 1 saturated heterocycles. The number of nitrogens with zero attached hydrogens (tertiary/aromatic N) is 3. The number of benzene rings is 1. The van der Waals surface area contributed by atoms with E-state index in [0.717, 1.165) is 5.56 Å². The number of nitrogens with one attached hydrogen (secondary N) is 1. The van der Waals surface area contributed by atoms with Crippen molar-refractivity contribution in [2.75, 3.05) is 33.3 Å². The summed E-state index contributed by atoms with van der Waals surface area (Å²) >= 11 is 0. The van der Waals surface area contributed by atoms with E-state index in [2.05, 4.69) is 9.97 Å². The van der Waals surface area contributed by atoms with Crippen molar-refractivity contribution in [3.63, 3.8) is 0 Å². The predicted molar refractivity (Wildman–Crippen MR) is 108 cm³/mol. The molecule has 9 heteroatoms. The van der Waals surface area contributed by atoms with E-state index in [4.69, 9.17) is 4.74 Å². The summed E-state index contributed by atoms with van der Waals surface area (Å²) in [6.45, 7) is 3.01. The number of sulfonamides is 1. The highest BCUT2D eigenvalue weighted by Crippen LogP contribution is 2.26. The van der Waals surface area contributed by atoms with Gasteiger partial charge < -0.3 is 14.6 Å². The molecule has 0 spiro atoms. The quantitative estimate of drug-likeness (QED) is 0.705. The Morgan fingerprint density at radius 2 is 1.93 bits per heavy atom. The third-order valence-corrected chi connectivity index (χ3v) is 7.08. The van der Waals surface area contributed by atoms with Crippen LogP contribution < -0.4 is 4.74 Å². The number of carbonyl (C=O) groups excluding carboxylic acids is 1. The minimum absolute atomic E-state index is 0.154. The molecule has 0 bridgehead atoms. The molecule has 3 heterocycles. The number of carbonyl (C=O) groups is 1. The topological polar surface area (TPSA) is 95.6 Å².